The van der Waals surface area contributed by atoms with Crippen LogP contribution < -0.4 is 4.90 Å². The second-order valence-corrected chi connectivity index (χ2v) is 6.27. The first kappa shape index (κ1) is 14.1. The highest BCUT2D eigenvalue weighted by molar-refractivity contribution is 6.00. The van der Waals surface area contributed by atoms with Gasteiger partial charge in [-0.1, -0.05) is 25.1 Å². The van der Waals surface area contributed by atoms with Crippen LogP contribution in [0.1, 0.15) is 26.2 Å². The monoisotopic (exact) mass is 286 g/mol. The van der Waals surface area contributed by atoms with Crippen molar-refractivity contribution in [2.75, 3.05) is 24.5 Å². The van der Waals surface area contributed by atoms with Crippen LogP contribution in [0.15, 0.2) is 30.3 Å². The molecule has 2 saturated heterocycles. The van der Waals surface area contributed by atoms with Gasteiger partial charge in [-0.2, -0.15) is 0 Å². The normalized spacial score (nSPS) is 26.2. The van der Waals surface area contributed by atoms with Gasteiger partial charge in [0.15, 0.2) is 0 Å². The van der Waals surface area contributed by atoms with Crippen LogP contribution in [0.3, 0.4) is 0 Å². The van der Waals surface area contributed by atoms with Gasteiger partial charge in [0.25, 0.3) is 0 Å². The lowest BCUT2D eigenvalue weighted by molar-refractivity contribution is -0.137. The number of benzene rings is 1. The van der Waals surface area contributed by atoms with Gasteiger partial charge in [0.05, 0.1) is 5.92 Å². The Bertz CT molecular complexity index is 529. The van der Waals surface area contributed by atoms with E-state index in [2.05, 4.69) is 6.92 Å². The predicted molar refractivity (Wildman–Crippen MR) is 81.9 cm³/mol. The maximum Gasteiger partial charge on any atom is 0.228 e. The van der Waals surface area contributed by atoms with E-state index in [-0.39, 0.29) is 17.7 Å². The Balaban J connectivity index is 1.68. The summed E-state index contributed by atoms with van der Waals surface area (Å²) in [5.41, 5.74) is 0.893. The number of hydrogen-bond acceptors (Lipinski definition) is 2. The van der Waals surface area contributed by atoms with Crippen LogP contribution >= 0.6 is 0 Å². The SMILES string of the molecule is C[C@@H]1CCCN(C(=O)[C@H]2CC(=O)N(c3ccccc3)C2)C1. The van der Waals surface area contributed by atoms with Crippen molar-refractivity contribution in [2.24, 2.45) is 11.8 Å². The van der Waals surface area contributed by atoms with Crippen molar-refractivity contribution < 1.29 is 9.59 Å². The highest BCUT2D eigenvalue weighted by Gasteiger charge is 2.37. The van der Waals surface area contributed by atoms with E-state index >= 15 is 0 Å². The van der Waals surface area contributed by atoms with Gasteiger partial charge in [-0.15, -0.1) is 0 Å². The summed E-state index contributed by atoms with van der Waals surface area (Å²) in [4.78, 5) is 28.5. The van der Waals surface area contributed by atoms with Crippen LogP contribution in [0.4, 0.5) is 5.69 Å². The Morgan fingerprint density at radius 3 is 2.67 bits per heavy atom. The van der Waals surface area contributed by atoms with Crippen molar-refractivity contribution in [1.29, 1.82) is 0 Å². The van der Waals surface area contributed by atoms with Crippen molar-refractivity contribution in [1.82, 2.24) is 4.90 Å². The number of likely N-dealkylation sites (tertiary alicyclic amines) is 1. The maximum absolute atomic E-state index is 12.6. The smallest absolute Gasteiger partial charge is 0.228 e. The molecular formula is C17H22N2O2. The summed E-state index contributed by atoms with van der Waals surface area (Å²) in [5, 5.41) is 0. The third-order valence-electron chi connectivity index (χ3n) is 4.51. The van der Waals surface area contributed by atoms with E-state index in [1.54, 1.807) is 4.90 Å². The fourth-order valence-electron chi connectivity index (χ4n) is 3.38. The number of carbonyl (C=O) groups excluding carboxylic acids is 2. The second kappa shape index (κ2) is 5.88. The van der Waals surface area contributed by atoms with Crippen LogP contribution in [0.5, 0.6) is 0 Å². The predicted octanol–water partition coefficient (Wildman–Crippen LogP) is 2.30. The molecule has 2 atom stereocenters. The molecule has 0 spiro atoms. The minimum atomic E-state index is -0.178. The van der Waals surface area contributed by atoms with Crippen molar-refractivity contribution >= 4 is 17.5 Å². The van der Waals surface area contributed by atoms with Gasteiger partial charge in [-0.3, -0.25) is 9.59 Å². The molecule has 0 saturated carbocycles. The summed E-state index contributed by atoms with van der Waals surface area (Å²) in [5.74, 6) is 0.617. The molecule has 112 valence electrons. The topological polar surface area (TPSA) is 40.6 Å². The van der Waals surface area contributed by atoms with Gasteiger partial charge in [0.1, 0.15) is 0 Å². The van der Waals surface area contributed by atoms with Crippen LogP contribution in [0.25, 0.3) is 0 Å². The molecule has 4 nitrogen and oxygen atoms in total. The zero-order chi connectivity index (χ0) is 14.8. The first-order valence-corrected chi connectivity index (χ1v) is 7.79. The van der Waals surface area contributed by atoms with Gasteiger partial charge in [0, 0.05) is 31.7 Å². The third-order valence-corrected chi connectivity index (χ3v) is 4.51. The van der Waals surface area contributed by atoms with Crippen molar-refractivity contribution in [3.63, 3.8) is 0 Å². The van der Waals surface area contributed by atoms with Crippen LogP contribution in [-0.2, 0) is 9.59 Å². The quantitative estimate of drug-likeness (QED) is 0.837. The molecule has 4 heteroatoms. The maximum atomic E-state index is 12.6. The number of piperidine rings is 1. The van der Waals surface area contributed by atoms with E-state index in [1.165, 1.54) is 6.42 Å². The van der Waals surface area contributed by atoms with Gasteiger partial charge in [0.2, 0.25) is 11.8 Å². The summed E-state index contributed by atoms with van der Waals surface area (Å²) < 4.78 is 0. The standard InChI is InChI=1S/C17H22N2O2/c1-13-6-5-9-18(11-13)17(21)14-10-16(20)19(12-14)15-7-3-2-4-8-15/h2-4,7-8,13-14H,5-6,9-12H2,1H3/t13-,14+/m1/s1. The summed E-state index contributed by atoms with van der Waals surface area (Å²) >= 11 is 0. The molecule has 2 fully saturated rings. The van der Waals surface area contributed by atoms with Crippen LogP contribution in [0.2, 0.25) is 0 Å². The average Bonchev–Trinajstić information content (AvgIpc) is 2.89. The Hall–Kier alpha value is -1.84. The first-order chi connectivity index (χ1) is 10.1. The van der Waals surface area contributed by atoms with Gasteiger partial charge >= 0.3 is 0 Å². The van der Waals surface area contributed by atoms with E-state index in [4.69, 9.17) is 0 Å². The van der Waals surface area contributed by atoms with E-state index < -0.39 is 0 Å². The third kappa shape index (κ3) is 2.94. The van der Waals surface area contributed by atoms with E-state index in [0.717, 1.165) is 25.2 Å². The van der Waals surface area contributed by atoms with Gasteiger partial charge in [-0.25, -0.2) is 0 Å². The number of hydrogen-bond donors (Lipinski definition) is 0. The largest absolute Gasteiger partial charge is 0.342 e. The molecule has 1 aromatic carbocycles. The Morgan fingerprint density at radius 2 is 1.95 bits per heavy atom. The molecule has 0 unspecified atom stereocenters. The Morgan fingerprint density at radius 1 is 1.19 bits per heavy atom. The molecule has 2 heterocycles. The molecule has 2 amide bonds. The first-order valence-electron chi connectivity index (χ1n) is 7.79. The van der Waals surface area contributed by atoms with Crippen molar-refractivity contribution in [2.45, 2.75) is 26.2 Å². The Labute approximate surface area is 125 Å². The Kier molecular flexibility index (Phi) is 3.95. The molecule has 1 aromatic rings. The van der Waals surface area contributed by atoms with Gasteiger partial charge < -0.3 is 9.80 Å². The molecule has 2 aliphatic rings. The van der Waals surface area contributed by atoms with E-state index in [1.807, 2.05) is 35.2 Å². The fourth-order valence-corrected chi connectivity index (χ4v) is 3.38. The van der Waals surface area contributed by atoms with Crippen molar-refractivity contribution in [3.05, 3.63) is 30.3 Å². The minimum Gasteiger partial charge on any atom is -0.342 e. The summed E-state index contributed by atoms with van der Waals surface area (Å²) in [7, 11) is 0. The highest BCUT2D eigenvalue weighted by atomic mass is 16.2. The second-order valence-electron chi connectivity index (χ2n) is 6.27. The molecule has 0 aromatic heterocycles. The molecule has 3 rings (SSSR count). The van der Waals surface area contributed by atoms with E-state index in [9.17, 15) is 9.59 Å². The molecule has 21 heavy (non-hydrogen) atoms. The summed E-state index contributed by atoms with van der Waals surface area (Å²) in [6.07, 6.45) is 2.62. The zero-order valence-corrected chi connectivity index (χ0v) is 12.5. The van der Waals surface area contributed by atoms with Gasteiger partial charge in [-0.05, 0) is 30.9 Å². The van der Waals surface area contributed by atoms with Crippen LogP contribution in [0, 0.1) is 11.8 Å². The summed E-state index contributed by atoms with van der Waals surface area (Å²) in [6, 6.07) is 9.62. The summed E-state index contributed by atoms with van der Waals surface area (Å²) in [6.45, 7) is 4.40. The highest BCUT2D eigenvalue weighted by Crippen LogP contribution is 2.27. The molecule has 0 bridgehead atoms. The van der Waals surface area contributed by atoms with Crippen molar-refractivity contribution in [3.8, 4) is 0 Å². The molecule has 0 N–H and O–H groups in total. The number of rotatable bonds is 2. The molecule has 2 aliphatic heterocycles. The number of carbonyl (C=O) groups is 2. The zero-order valence-electron chi connectivity index (χ0n) is 12.5. The minimum absolute atomic E-state index is 0.0598. The molecule has 0 aliphatic carbocycles. The average molecular weight is 286 g/mol. The lowest BCUT2D eigenvalue weighted by Gasteiger charge is -2.32. The fraction of sp³-hybridized carbons (Fsp3) is 0.529. The van der Waals surface area contributed by atoms with E-state index in [0.29, 0.717) is 18.9 Å². The molecule has 0 radical (unpaired) electrons. The van der Waals surface area contributed by atoms with Crippen LogP contribution in [-0.4, -0.2) is 36.3 Å². The number of para-hydroxylation sites is 1. The lowest BCUT2D eigenvalue weighted by Crippen LogP contribution is -2.43. The lowest BCUT2D eigenvalue weighted by atomic mass is 9.98. The number of anilines is 1. The molecular weight excluding hydrogens is 264 g/mol. The number of nitrogens with zero attached hydrogens (tertiary/aromatic N) is 2. The number of amides is 2.